The maximum absolute atomic E-state index is 14.8. The molecule has 0 aliphatic carbocycles. The number of pyridine rings is 1. The van der Waals surface area contributed by atoms with Gasteiger partial charge in [-0.25, -0.2) is 14.4 Å². The summed E-state index contributed by atoms with van der Waals surface area (Å²) in [4.78, 5) is 26.8. The molecule has 1 atom stereocenters. The minimum absolute atomic E-state index is 0.210. The number of fused-ring (bicyclic) bond motifs is 1. The van der Waals surface area contributed by atoms with E-state index in [4.69, 9.17) is 11.6 Å². The first kappa shape index (κ1) is 25.5. The molecular formula is C27H27ClFN5O2. The Bertz CT molecular complexity index is 1440. The average Bonchev–Trinajstić information content (AvgIpc) is 2.84. The molecule has 7 nitrogen and oxygen atoms in total. The lowest BCUT2D eigenvalue weighted by atomic mass is 10.0. The molecule has 0 saturated heterocycles. The fourth-order valence-corrected chi connectivity index (χ4v) is 4.05. The second-order valence-corrected chi connectivity index (χ2v) is 9.78. The van der Waals surface area contributed by atoms with E-state index >= 15 is 0 Å². The summed E-state index contributed by atoms with van der Waals surface area (Å²) in [6.07, 6.45) is 4.85. The summed E-state index contributed by atoms with van der Waals surface area (Å²) in [6.45, 7) is 5.05. The van der Waals surface area contributed by atoms with Crippen molar-refractivity contribution in [2.75, 3.05) is 19.4 Å². The molecule has 2 aromatic heterocycles. The van der Waals surface area contributed by atoms with Gasteiger partial charge in [0.2, 0.25) is 0 Å². The molecular weight excluding hydrogens is 481 g/mol. The zero-order valence-electron chi connectivity index (χ0n) is 20.7. The molecule has 2 aromatic carbocycles. The monoisotopic (exact) mass is 507 g/mol. The van der Waals surface area contributed by atoms with Crippen LogP contribution in [0.25, 0.3) is 22.0 Å². The van der Waals surface area contributed by atoms with Gasteiger partial charge in [-0.05, 0) is 56.7 Å². The number of hydrogen-bond donors (Lipinski definition) is 2. The molecule has 0 fully saturated rings. The number of carbonyl (C=O) groups is 1. The average molecular weight is 508 g/mol. The van der Waals surface area contributed by atoms with Crippen molar-refractivity contribution in [2.24, 2.45) is 0 Å². The number of rotatable bonds is 6. The molecule has 0 radical (unpaired) electrons. The maximum atomic E-state index is 14.8. The van der Waals surface area contributed by atoms with Gasteiger partial charge in [0.15, 0.2) is 5.82 Å². The number of aromatic nitrogens is 3. The molecule has 0 spiro atoms. The number of nitrogens with one attached hydrogen (secondary N) is 1. The highest BCUT2D eigenvalue weighted by Gasteiger charge is 2.20. The van der Waals surface area contributed by atoms with Crippen molar-refractivity contribution in [3.05, 3.63) is 82.8 Å². The van der Waals surface area contributed by atoms with Gasteiger partial charge in [0.1, 0.15) is 11.4 Å². The Kier molecular flexibility index (Phi) is 6.93. The van der Waals surface area contributed by atoms with Gasteiger partial charge in [-0.2, -0.15) is 0 Å². The van der Waals surface area contributed by atoms with E-state index in [1.807, 2.05) is 18.2 Å². The Hall–Kier alpha value is -3.62. The second-order valence-electron chi connectivity index (χ2n) is 9.37. The normalized spacial score (nSPS) is 12.4. The van der Waals surface area contributed by atoms with Gasteiger partial charge < -0.3 is 15.3 Å². The predicted octanol–water partition coefficient (Wildman–Crippen LogP) is 5.59. The summed E-state index contributed by atoms with van der Waals surface area (Å²) in [5, 5.41) is 14.6. The quantitative estimate of drug-likeness (QED) is 0.353. The third-order valence-corrected chi connectivity index (χ3v) is 6.12. The Morgan fingerprint density at radius 1 is 1.06 bits per heavy atom. The van der Waals surface area contributed by atoms with Crippen LogP contribution in [0.15, 0.2) is 55.0 Å². The largest absolute Gasteiger partial charge is 0.382 e. The highest BCUT2D eigenvalue weighted by Crippen LogP contribution is 2.35. The van der Waals surface area contributed by atoms with E-state index in [-0.39, 0.29) is 5.91 Å². The Morgan fingerprint density at radius 3 is 2.39 bits per heavy atom. The van der Waals surface area contributed by atoms with Gasteiger partial charge in [-0.1, -0.05) is 17.7 Å². The number of anilines is 1. The molecule has 0 unspecified atom stereocenters. The van der Waals surface area contributed by atoms with Gasteiger partial charge in [0, 0.05) is 54.8 Å². The van der Waals surface area contributed by atoms with Crippen LogP contribution in [0.4, 0.5) is 10.1 Å². The summed E-state index contributed by atoms with van der Waals surface area (Å²) >= 11 is 6.54. The third kappa shape index (κ3) is 5.15. The summed E-state index contributed by atoms with van der Waals surface area (Å²) in [7, 11) is 3.30. The van der Waals surface area contributed by atoms with Crippen molar-refractivity contribution in [3.8, 4) is 11.1 Å². The number of halogens is 2. The van der Waals surface area contributed by atoms with Gasteiger partial charge in [-0.3, -0.25) is 9.78 Å². The number of carbonyl (C=O) groups excluding carboxylic acids is 1. The van der Waals surface area contributed by atoms with Crippen LogP contribution in [0.2, 0.25) is 5.02 Å². The minimum atomic E-state index is -1.14. The lowest BCUT2D eigenvalue weighted by Crippen LogP contribution is -2.22. The summed E-state index contributed by atoms with van der Waals surface area (Å²) in [5.41, 5.74) is 2.47. The maximum Gasteiger partial charge on any atom is 0.253 e. The van der Waals surface area contributed by atoms with Crippen molar-refractivity contribution in [1.29, 1.82) is 0 Å². The zero-order valence-corrected chi connectivity index (χ0v) is 21.4. The molecule has 36 heavy (non-hydrogen) atoms. The second kappa shape index (κ2) is 9.79. The predicted molar refractivity (Wildman–Crippen MR) is 139 cm³/mol. The first-order chi connectivity index (χ1) is 17.0. The molecule has 9 heteroatoms. The van der Waals surface area contributed by atoms with Crippen LogP contribution in [0, 0.1) is 5.82 Å². The number of nitrogens with zero attached hydrogens (tertiary/aromatic N) is 4. The van der Waals surface area contributed by atoms with Crippen LogP contribution < -0.4 is 5.32 Å². The number of benzene rings is 2. The highest BCUT2D eigenvalue weighted by molar-refractivity contribution is 6.34. The molecule has 186 valence electrons. The molecule has 4 aromatic rings. The number of aliphatic hydroxyl groups is 1. The number of hydrogen-bond acceptors (Lipinski definition) is 6. The summed E-state index contributed by atoms with van der Waals surface area (Å²) in [5.74, 6) is -0.312. The molecule has 0 aliphatic heterocycles. The van der Waals surface area contributed by atoms with Gasteiger partial charge in [-0.15, -0.1) is 0 Å². The Balaban J connectivity index is 1.72. The van der Waals surface area contributed by atoms with Crippen molar-refractivity contribution >= 4 is 34.1 Å². The van der Waals surface area contributed by atoms with Crippen molar-refractivity contribution < 1.29 is 14.3 Å². The van der Waals surface area contributed by atoms with Crippen molar-refractivity contribution in [1.82, 2.24) is 19.9 Å². The molecule has 0 bridgehead atoms. The molecule has 2 heterocycles. The van der Waals surface area contributed by atoms with E-state index in [0.29, 0.717) is 33.2 Å². The van der Waals surface area contributed by atoms with Crippen LogP contribution in [0.3, 0.4) is 0 Å². The first-order valence-electron chi connectivity index (χ1n) is 11.4. The molecule has 4 rings (SSSR count). The van der Waals surface area contributed by atoms with E-state index in [0.717, 1.165) is 16.5 Å². The van der Waals surface area contributed by atoms with E-state index in [2.05, 4.69) is 20.3 Å². The van der Waals surface area contributed by atoms with Gasteiger partial charge in [0.05, 0.1) is 22.3 Å². The van der Waals surface area contributed by atoms with Gasteiger partial charge in [0.25, 0.3) is 5.91 Å². The lowest BCUT2D eigenvalue weighted by molar-refractivity contribution is 0.0687. The highest BCUT2D eigenvalue weighted by atomic mass is 35.5. The third-order valence-electron chi connectivity index (χ3n) is 5.83. The van der Waals surface area contributed by atoms with Crippen LogP contribution in [-0.4, -0.2) is 45.0 Å². The first-order valence-corrected chi connectivity index (χ1v) is 11.7. The minimum Gasteiger partial charge on any atom is -0.382 e. The van der Waals surface area contributed by atoms with Crippen molar-refractivity contribution in [3.63, 3.8) is 0 Å². The van der Waals surface area contributed by atoms with E-state index < -0.39 is 17.5 Å². The Labute approximate surface area is 214 Å². The summed E-state index contributed by atoms with van der Waals surface area (Å²) < 4.78 is 14.8. The fraction of sp³-hybridized carbons (Fsp3) is 0.259. The molecule has 1 amide bonds. The SMILES string of the molecule is C[C@@H](Nc1c(Cl)cnc2ccc(-c3cnc(C(C)(C)O)nc3)cc12)c1cc(C(=O)N(C)C)ccc1F. The van der Waals surface area contributed by atoms with Crippen LogP contribution in [0.1, 0.15) is 48.6 Å². The van der Waals surface area contributed by atoms with Gasteiger partial charge >= 0.3 is 0 Å². The van der Waals surface area contributed by atoms with Crippen molar-refractivity contribution in [2.45, 2.75) is 32.4 Å². The smallest absolute Gasteiger partial charge is 0.253 e. The standard InChI is InChI=1S/C27H27ClFN5O2/c1-15(19-11-17(6-8-22(19)29)25(35)34(4)5)33-24-20-10-16(7-9-23(20)30-14-21(24)28)18-12-31-26(32-13-18)27(2,3)36/h6-15,36H,1-5H3,(H,30,33)/t15-/m1/s1. The number of amides is 1. The van der Waals surface area contributed by atoms with Crippen LogP contribution in [-0.2, 0) is 5.60 Å². The molecule has 2 N–H and O–H groups in total. The van der Waals surface area contributed by atoms with E-state index in [1.54, 1.807) is 59.5 Å². The summed E-state index contributed by atoms with van der Waals surface area (Å²) in [6, 6.07) is 9.49. The topological polar surface area (TPSA) is 91.2 Å². The molecule has 0 saturated carbocycles. The Morgan fingerprint density at radius 2 is 1.75 bits per heavy atom. The zero-order chi connectivity index (χ0) is 26.2. The molecule has 0 aliphatic rings. The van der Waals surface area contributed by atoms with E-state index in [9.17, 15) is 14.3 Å². The van der Waals surface area contributed by atoms with E-state index in [1.165, 1.54) is 17.0 Å². The van der Waals surface area contributed by atoms with Crippen LogP contribution >= 0.6 is 11.6 Å². The lowest BCUT2D eigenvalue weighted by Gasteiger charge is -2.20. The van der Waals surface area contributed by atoms with Crippen LogP contribution in [0.5, 0.6) is 0 Å². The fourth-order valence-electron chi connectivity index (χ4n) is 3.85.